The second kappa shape index (κ2) is 7.59. The zero-order chi connectivity index (χ0) is 18.0. The molecule has 3 rings (SSSR count). The van der Waals surface area contributed by atoms with Gasteiger partial charge in [-0.25, -0.2) is 14.5 Å². The van der Waals surface area contributed by atoms with Gasteiger partial charge < -0.3 is 15.5 Å². The molecular formula is C17H29N5O3. The molecule has 1 aliphatic carbocycles. The van der Waals surface area contributed by atoms with Gasteiger partial charge in [0.25, 0.3) is 0 Å². The van der Waals surface area contributed by atoms with Gasteiger partial charge in [0.05, 0.1) is 6.04 Å². The van der Waals surface area contributed by atoms with E-state index in [0.717, 1.165) is 4.90 Å². The van der Waals surface area contributed by atoms with Gasteiger partial charge in [-0.05, 0) is 32.1 Å². The quantitative estimate of drug-likeness (QED) is 0.709. The molecule has 1 saturated carbocycles. The van der Waals surface area contributed by atoms with E-state index in [1.165, 1.54) is 32.1 Å². The molecule has 8 heteroatoms. The van der Waals surface area contributed by atoms with Gasteiger partial charge in [0.1, 0.15) is 0 Å². The summed E-state index contributed by atoms with van der Waals surface area (Å²) in [6.45, 7) is 2.66. The topological polar surface area (TPSA) is 93.8 Å². The highest BCUT2D eigenvalue weighted by molar-refractivity contribution is 5.97. The molecular weight excluding hydrogens is 322 g/mol. The lowest BCUT2D eigenvalue weighted by Crippen LogP contribution is -2.71. The van der Waals surface area contributed by atoms with Gasteiger partial charge >= 0.3 is 12.1 Å². The van der Waals surface area contributed by atoms with Crippen molar-refractivity contribution in [2.75, 3.05) is 13.6 Å². The Bertz CT molecular complexity index is 516. The molecule has 2 atom stereocenters. The van der Waals surface area contributed by atoms with Crippen molar-refractivity contribution in [2.45, 2.75) is 70.2 Å². The van der Waals surface area contributed by atoms with Crippen LogP contribution in [0.4, 0.5) is 9.59 Å². The van der Waals surface area contributed by atoms with E-state index in [4.69, 9.17) is 0 Å². The van der Waals surface area contributed by atoms with Crippen LogP contribution in [0.15, 0.2) is 0 Å². The Labute approximate surface area is 148 Å². The third-order valence-electron chi connectivity index (χ3n) is 5.76. The Hall–Kier alpha value is -1.83. The van der Waals surface area contributed by atoms with Crippen molar-refractivity contribution in [3.63, 3.8) is 0 Å². The Morgan fingerprint density at radius 1 is 1.04 bits per heavy atom. The average Bonchev–Trinajstić information content (AvgIpc) is 2.58. The molecule has 0 bridgehead atoms. The molecule has 2 saturated heterocycles. The summed E-state index contributed by atoms with van der Waals surface area (Å²) in [7, 11) is 1.74. The number of likely N-dealkylation sites (tertiary alicyclic amines) is 1. The second-order valence-corrected chi connectivity index (χ2v) is 7.52. The summed E-state index contributed by atoms with van der Waals surface area (Å²) >= 11 is 0. The fourth-order valence-electron chi connectivity index (χ4n) is 4.11. The van der Waals surface area contributed by atoms with E-state index >= 15 is 0 Å². The number of carbonyl (C=O) groups is 3. The number of amides is 5. The summed E-state index contributed by atoms with van der Waals surface area (Å²) in [6, 6.07) is -1.01. The molecule has 140 valence electrons. The number of rotatable bonds is 4. The van der Waals surface area contributed by atoms with Crippen molar-refractivity contribution < 1.29 is 14.4 Å². The zero-order valence-electron chi connectivity index (χ0n) is 15.1. The summed E-state index contributed by atoms with van der Waals surface area (Å²) in [4.78, 5) is 39.6. The number of carbonyl (C=O) groups excluding carboxylic acids is 3. The predicted molar refractivity (Wildman–Crippen MR) is 92.5 cm³/mol. The van der Waals surface area contributed by atoms with Crippen LogP contribution in [0.3, 0.4) is 0 Å². The summed E-state index contributed by atoms with van der Waals surface area (Å²) in [5, 5.41) is 8.94. The van der Waals surface area contributed by atoms with Gasteiger partial charge in [0.2, 0.25) is 5.91 Å². The zero-order valence-corrected chi connectivity index (χ0v) is 15.1. The molecule has 3 N–H and O–H groups in total. The van der Waals surface area contributed by atoms with Crippen LogP contribution in [-0.2, 0) is 4.79 Å². The van der Waals surface area contributed by atoms with Crippen LogP contribution >= 0.6 is 0 Å². The first-order chi connectivity index (χ1) is 12.0. The standard InChI is InChI=1S/C17H29N5O3/c1-11(12-6-4-3-5-7-12)18-15-19-16(24)22(17(25)20-15)13-8-9-21(2)14(23)10-13/h11-13,15,18H,3-10H2,1-2H3,(H,19,24)(H,20,25)/t11-,13?/m0/s1. The van der Waals surface area contributed by atoms with E-state index in [9.17, 15) is 14.4 Å². The van der Waals surface area contributed by atoms with E-state index < -0.39 is 18.4 Å². The van der Waals surface area contributed by atoms with E-state index in [2.05, 4.69) is 22.9 Å². The largest absolute Gasteiger partial charge is 0.346 e. The highest BCUT2D eigenvalue weighted by Crippen LogP contribution is 2.26. The predicted octanol–water partition coefficient (Wildman–Crippen LogP) is 1.18. The molecule has 0 spiro atoms. The van der Waals surface area contributed by atoms with Crippen LogP contribution < -0.4 is 16.0 Å². The fraction of sp³-hybridized carbons (Fsp3) is 0.824. The molecule has 25 heavy (non-hydrogen) atoms. The van der Waals surface area contributed by atoms with Crippen LogP contribution in [0.2, 0.25) is 0 Å². The van der Waals surface area contributed by atoms with E-state index in [-0.39, 0.29) is 24.4 Å². The first-order valence-corrected chi connectivity index (χ1v) is 9.36. The highest BCUT2D eigenvalue weighted by atomic mass is 16.2. The molecule has 3 aliphatic rings. The van der Waals surface area contributed by atoms with Crippen LogP contribution in [-0.4, -0.2) is 59.7 Å². The third-order valence-corrected chi connectivity index (χ3v) is 5.76. The molecule has 0 aromatic heterocycles. The van der Waals surface area contributed by atoms with E-state index in [0.29, 0.717) is 18.9 Å². The summed E-state index contributed by atoms with van der Waals surface area (Å²) in [5.41, 5.74) is 0. The Kier molecular flexibility index (Phi) is 5.46. The van der Waals surface area contributed by atoms with Crippen molar-refractivity contribution in [3.8, 4) is 0 Å². The van der Waals surface area contributed by atoms with Crippen molar-refractivity contribution in [2.24, 2.45) is 5.92 Å². The molecule has 8 nitrogen and oxygen atoms in total. The van der Waals surface area contributed by atoms with Gasteiger partial charge in [-0.2, -0.15) is 0 Å². The van der Waals surface area contributed by atoms with Gasteiger partial charge in [-0.15, -0.1) is 0 Å². The number of nitrogens with zero attached hydrogens (tertiary/aromatic N) is 2. The molecule has 2 aliphatic heterocycles. The van der Waals surface area contributed by atoms with Crippen LogP contribution in [0.1, 0.15) is 51.9 Å². The fourth-order valence-corrected chi connectivity index (χ4v) is 4.11. The molecule has 2 heterocycles. The van der Waals surface area contributed by atoms with Crippen LogP contribution in [0.25, 0.3) is 0 Å². The first-order valence-electron chi connectivity index (χ1n) is 9.36. The Morgan fingerprint density at radius 2 is 1.68 bits per heavy atom. The number of hydrogen-bond acceptors (Lipinski definition) is 4. The first kappa shape index (κ1) is 18.0. The average molecular weight is 351 g/mol. The maximum Gasteiger partial charge on any atom is 0.328 e. The smallest absolute Gasteiger partial charge is 0.328 e. The maximum absolute atomic E-state index is 12.4. The molecule has 0 radical (unpaired) electrons. The molecule has 5 amide bonds. The van der Waals surface area contributed by atoms with E-state index in [1.54, 1.807) is 11.9 Å². The Morgan fingerprint density at radius 3 is 2.28 bits per heavy atom. The van der Waals surface area contributed by atoms with Crippen molar-refractivity contribution >= 4 is 18.0 Å². The third kappa shape index (κ3) is 4.05. The minimum atomic E-state index is -0.560. The second-order valence-electron chi connectivity index (χ2n) is 7.52. The minimum Gasteiger partial charge on any atom is -0.346 e. The lowest BCUT2D eigenvalue weighted by molar-refractivity contribution is -0.133. The number of hydrogen-bond donors (Lipinski definition) is 3. The summed E-state index contributed by atoms with van der Waals surface area (Å²) in [5.74, 6) is 0.537. The lowest BCUT2D eigenvalue weighted by atomic mass is 9.84. The SMILES string of the molecule is C[C@H](NC1NC(=O)N(C2CCN(C)C(=O)C2)C(=O)N1)C1CCCCC1. The monoisotopic (exact) mass is 351 g/mol. The number of piperidine rings is 1. The van der Waals surface area contributed by atoms with E-state index in [1.807, 2.05) is 0 Å². The van der Waals surface area contributed by atoms with Gasteiger partial charge in [-0.3, -0.25) is 10.1 Å². The van der Waals surface area contributed by atoms with Gasteiger partial charge in [0.15, 0.2) is 6.29 Å². The molecule has 0 aromatic rings. The van der Waals surface area contributed by atoms with Gasteiger partial charge in [-0.1, -0.05) is 19.3 Å². The van der Waals surface area contributed by atoms with Crippen LogP contribution in [0.5, 0.6) is 0 Å². The minimum absolute atomic E-state index is 0.0389. The maximum atomic E-state index is 12.4. The summed E-state index contributed by atoms with van der Waals surface area (Å²) < 4.78 is 0. The number of imide groups is 1. The normalized spacial score (nSPS) is 27.9. The Balaban J connectivity index is 1.55. The number of urea groups is 2. The van der Waals surface area contributed by atoms with Crippen molar-refractivity contribution in [3.05, 3.63) is 0 Å². The highest BCUT2D eigenvalue weighted by Gasteiger charge is 2.39. The molecule has 0 aromatic carbocycles. The van der Waals surface area contributed by atoms with Crippen molar-refractivity contribution in [1.29, 1.82) is 0 Å². The van der Waals surface area contributed by atoms with Crippen LogP contribution in [0, 0.1) is 5.92 Å². The van der Waals surface area contributed by atoms with Gasteiger partial charge in [0, 0.05) is 26.1 Å². The molecule has 3 fully saturated rings. The lowest BCUT2D eigenvalue weighted by Gasteiger charge is -2.41. The number of nitrogens with one attached hydrogen (secondary N) is 3. The summed E-state index contributed by atoms with van der Waals surface area (Å²) in [6.07, 6.45) is 6.41. The molecule has 1 unspecified atom stereocenters. The van der Waals surface area contributed by atoms with Crippen molar-refractivity contribution in [1.82, 2.24) is 25.8 Å².